The number of anilines is 1. The van der Waals surface area contributed by atoms with Crippen LogP contribution in [0.3, 0.4) is 0 Å². The maximum atomic E-state index is 12.4. The number of carbonyl (C=O) groups excluding carboxylic acids is 1. The lowest BCUT2D eigenvalue weighted by Crippen LogP contribution is -2.20. The molecule has 32 heavy (non-hydrogen) atoms. The van der Waals surface area contributed by atoms with Crippen LogP contribution in [0.1, 0.15) is 21.6 Å². The van der Waals surface area contributed by atoms with Crippen molar-refractivity contribution >= 4 is 22.9 Å². The van der Waals surface area contributed by atoms with Crippen molar-refractivity contribution in [2.24, 2.45) is 0 Å². The highest BCUT2D eigenvalue weighted by Crippen LogP contribution is 2.33. The first-order chi connectivity index (χ1) is 15.4. The number of benzene rings is 3. The minimum atomic E-state index is -0.186. The van der Waals surface area contributed by atoms with Gasteiger partial charge in [-0.05, 0) is 56.5 Å². The first-order valence-electron chi connectivity index (χ1n) is 10.5. The SMILES string of the molecule is Cc1ccc(C)c(OCC(=O)Nc2ccc(-c3nc(-c4ccccc4)sc3C)cc2)c1C. The van der Waals surface area contributed by atoms with Crippen molar-refractivity contribution in [2.45, 2.75) is 27.7 Å². The monoisotopic (exact) mass is 442 g/mol. The molecule has 0 aliphatic heterocycles. The zero-order chi connectivity index (χ0) is 22.7. The van der Waals surface area contributed by atoms with E-state index in [9.17, 15) is 4.79 Å². The van der Waals surface area contributed by atoms with E-state index in [0.717, 1.165) is 54.8 Å². The Morgan fingerprint density at radius 3 is 2.28 bits per heavy atom. The highest BCUT2D eigenvalue weighted by atomic mass is 32.1. The Bertz CT molecular complexity index is 1240. The van der Waals surface area contributed by atoms with Crippen LogP contribution in [0.15, 0.2) is 66.7 Å². The van der Waals surface area contributed by atoms with E-state index in [4.69, 9.17) is 9.72 Å². The smallest absolute Gasteiger partial charge is 0.262 e. The van der Waals surface area contributed by atoms with Crippen LogP contribution in [-0.2, 0) is 4.79 Å². The highest BCUT2D eigenvalue weighted by molar-refractivity contribution is 7.15. The Hall–Kier alpha value is -3.44. The molecule has 0 radical (unpaired) electrons. The topological polar surface area (TPSA) is 51.2 Å². The van der Waals surface area contributed by atoms with Gasteiger partial charge in [0.15, 0.2) is 6.61 Å². The number of hydrogen-bond acceptors (Lipinski definition) is 4. The predicted octanol–water partition coefficient (Wildman–Crippen LogP) is 6.73. The number of thiazole rings is 1. The average molecular weight is 443 g/mol. The number of amides is 1. The van der Waals surface area contributed by atoms with Crippen molar-refractivity contribution in [3.63, 3.8) is 0 Å². The quantitative estimate of drug-likeness (QED) is 0.360. The summed E-state index contributed by atoms with van der Waals surface area (Å²) in [6.45, 7) is 8.09. The largest absolute Gasteiger partial charge is 0.483 e. The molecule has 162 valence electrons. The molecular formula is C27H26N2O2S. The fourth-order valence-corrected chi connectivity index (χ4v) is 4.50. The summed E-state index contributed by atoms with van der Waals surface area (Å²) < 4.78 is 5.82. The van der Waals surface area contributed by atoms with E-state index in [0.29, 0.717) is 0 Å². The second-order valence-electron chi connectivity index (χ2n) is 7.86. The molecule has 1 amide bonds. The van der Waals surface area contributed by atoms with Crippen molar-refractivity contribution < 1.29 is 9.53 Å². The molecule has 0 saturated carbocycles. The second kappa shape index (κ2) is 9.37. The average Bonchev–Trinajstić information content (AvgIpc) is 3.19. The fraction of sp³-hybridized carbons (Fsp3) is 0.185. The van der Waals surface area contributed by atoms with Crippen LogP contribution in [0.2, 0.25) is 0 Å². The lowest BCUT2D eigenvalue weighted by atomic mass is 10.1. The van der Waals surface area contributed by atoms with Gasteiger partial charge < -0.3 is 10.1 Å². The second-order valence-corrected chi connectivity index (χ2v) is 9.06. The summed E-state index contributed by atoms with van der Waals surface area (Å²) in [6, 6.07) is 22.0. The third-order valence-electron chi connectivity index (χ3n) is 5.48. The van der Waals surface area contributed by atoms with E-state index in [1.54, 1.807) is 11.3 Å². The number of nitrogens with one attached hydrogen (secondary N) is 1. The molecule has 0 unspecified atom stereocenters. The molecule has 1 heterocycles. The Balaban J connectivity index is 1.42. The summed E-state index contributed by atoms with van der Waals surface area (Å²) in [5.74, 6) is 0.595. The van der Waals surface area contributed by atoms with Crippen LogP contribution in [0.4, 0.5) is 5.69 Å². The van der Waals surface area contributed by atoms with E-state index in [2.05, 4.69) is 30.4 Å². The van der Waals surface area contributed by atoms with Gasteiger partial charge in [-0.1, -0.05) is 54.6 Å². The highest BCUT2D eigenvalue weighted by Gasteiger charge is 2.12. The summed E-state index contributed by atoms with van der Waals surface area (Å²) in [5, 5.41) is 3.92. The lowest BCUT2D eigenvalue weighted by molar-refractivity contribution is -0.118. The predicted molar refractivity (Wildman–Crippen MR) is 133 cm³/mol. The molecule has 4 nitrogen and oxygen atoms in total. The van der Waals surface area contributed by atoms with Gasteiger partial charge in [0, 0.05) is 21.7 Å². The van der Waals surface area contributed by atoms with Gasteiger partial charge in [0.2, 0.25) is 0 Å². The fourth-order valence-electron chi connectivity index (χ4n) is 3.56. The number of ether oxygens (including phenoxy) is 1. The van der Waals surface area contributed by atoms with E-state index in [-0.39, 0.29) is 12.5 Å². The van der Waals surface area contributed by atoms with Crippen molar-refractivity contribution in [1.29, 1.82) is 0 Å². The molecule has 0 fully saturated rings. The number of hydrogen-bond donors (Lipinski definition) is 1. The summed E-state index contributed by atoms with van der Waals surface area (Å²) in [4.78, 5) is 18.4. The minimum Gasteiger partial charge on any atom is -0.483 e. The number of aromatic nitrogens is 1. The Morgan fingerprint density at radius 1 is 0.875 bits per heavy atom. The molecule has 4 rings (SSSR count). The van der Waals surface area contributed by atoms with Gasteiger partial charge >= 0.3 is 0 Å². The number of aryl methyl sites for hydroxylation is 3. The number of carbonyl (C=O) groups is 1. The van der Waals surface area contributed by atoms with Crippen molar-refractivity contribution in [1.82, 2.24) is 4.98 Å². The van der Waals surface area contributed by atoms with Crippen molar-refractivity contribution in [2.75, 3.05) is 11.9 Å². The lowest BCUT2D eigenvalue weighted by Gasteiger charge is -2.14. The molecule has 5 heteroatoms. The zero-order valence-corrected chi connectivity index (χ0v) is 19.5. The Morgan fingerprint density at radius 2 is 1.56 bits per heavy atom. The summed E-state index contributed by atoms with van der Waals surface area (Å²) in [5.41, 5.74) is 7.09. The van der Waals surface area contributed by atoms with Crippen LogP contribution in [0.25, 0.3) is 21.8 Å². The van der Waals surface area contributed by atoms with Crippen LogP contribution in [-0.4, -0.2) is 17.5 Å². The molecule has 1 aromatic heterocycles. The molecule has 0 bridgehead atoms. The van der Waals surface area contributed by atoms with Gasteiger partial charge in [-0.15, -0.1) is 11.3 Å². The Labute approximate surface area is 192 Å². The van der Waals surface area contributed by atoms with Crippen LogP contribution in [0, 0.1) is 27.7 Å². The van der Waals surface area contributed by atoms with Crippen LogP contribution in [0.5, 0.6) is 5.75 Å². The normalized spacial score (nSPS) is 10.8. The third kappa shape index (κ3) is 4.73. The molecule has 0 saturated heterocycles. The van der Waals surface area contributed by atoms with Crippen LogP contribution >= 0.6 is 11.3 Å². The number of nitrogens with zero attached hydrogens (tertiary/aromatic N) is 1. The van der Waals surface area contributed by atoms with Gasteiger partial charge in [-0.2, -0.15) is 0 Å². The molecule has 0 aliphatic carbocycles. The third-order valence-corrected chi connectivity index (χ3v) is 6.50. The Kier molecular flexibility index (Phi) is 6.37. The molecule has 0 atom stereocenters. The maximum Gasteiger partial charge on any atom is 0.262 e. The number of rotatable bonds is 6. The van der Waals surface area contributed by atoms with Gasteiger partial charge in [0.1, 0.15) is 10.8 Å². The molecule has 1 N–H and O–H groups in total. The first-order valence-corrected chi connectivity index (χ1v) is 11.4. The van der Waals surface area contributed by atoms with E-state index in [1.807, 2.05) is 69.3 Å². The first kappa shape index (κ1) is 21.8. The molecular weight excluding hydrogens is 416 g/mol. The van der Waals surface area contributed by atoms with Crippen LogP contribution < -0.4 is 10.1 Å². The standard InChI is InChI=1S/C27H26N2O2S/c1-17-10-11-18(2)26(19(17)3)31-16-24(30)28-23-14-12-21(13-15-23)25-20(4)32-27(29-25)22-8-6-5-7-9-22/h5-15H,16H2,1-4H3,(H,28,30). The van der Waals surface area contributed by atoms with Crippen molar-refractivity contribution in [3.8, 4) is 27.6 Å². The van der Waals surface area contributed by atoms with Gasteiger partial charge in [-0.25, -0.2) is 4.98 Å². The van der Waals surface area contributed by atoms with Gasteiger partial charge in [0.25, 0.3) is 5.91 Å². The van der Waals surface area contributed by atoms with E-state index in [1.165, 1.54) is 0 Å². The maximum absolute atomic E-state index is 12.4. The minimum absolute atomic E-state index is 0.0293. The molecule has 3 aromatic carbocycles. The summed E-state index contributed by atoms with van der Waals surface area (Å²) >= 11 is 1.69. The van der Waals surface area contributed by atoms with Gasteiger partial charge in [-0.3, -0.25) is 4.79 Å². The zero-order valence-electron chi connectivity index (χ0n) is 18.7. The van der Waals surface area contributed by atoms with E-state index >= 15 is 0 Å². The van der Waals surface area contributed by atoms with E-state index < -0.39 is 0 Å². The van der Waals surface area contributed by atoms with Gasteiger partial charge in [0.05, 0.1) is 5.69 Å². The summed E-state index contributed by atoms with van der Waals surface area (Å²) in [6.07, 6.45) is 0. The molecule has 0 aliphatic rings. The summed E-state index contributed by atoms with van der Waals surface area (Å²) in [7, 11) is 0. The molecule has 0 spiro atoms. The van der Waals surface area contributed by atoms with Crippen molar-refractivity contribution in [3.05, 3.63) is 88.3 Å². The molecule has 4 aromatic rings.